The molecule has 3 rings (SSSR count). The Morgan fingerprint density at radius 2 is 1.75 bits per heavy atom. The van der Waals surface area contributed by atoms with Crippen molar-refractivity contribution < 1.29 is 0 Å². The average molecular weight is 271 g/mol. The second-order valence-electron chi connectivity index (χ2n) is 6.29. The molecule has 0 spiro atoms. The zero-order chi connectivity index (χ0) is 13.8. The SMILES string of the molecule is NNC(=Nc1ccccc1)C1CCC2CCCCC2C1. The Labute approximate surface area is 121 Å². The van der Waals surface area contributed by atoms with E-state index in [1.807, 2.05) is 30.3 Å². The number of para-hydroxylation sites is 1. The molecule has 2 fully saturated rings. The summed E-state index contributed by atoms with van der Waals surface area (Å²) >= 11 is 0. The molecule has 20 heavy (non-hydrogen) atoms. The number of fused-ring (bicyclic) bond motifs is 1. The highest BCUT2D eigenvalue weighted by atomic mass is 15.3. The van der Waals surface area contributed by atoms with Crippen molar-refractivity contribution in [3.63, 3.8) is 0 Å². The van der Waals surface area contributed by atoms with E-state index in [9.17, 15) is 0 Å². The molecule has 0 bridgehead atoms. The molecule has 0 amide bonds. The number of hydrogen-bond acceptors (Lipinski definition) is 2. The van der Waals surface area contributed by atoms with Crippen LogP contribution in [0.2, 0.25) is 0 Å². The second-order valence-corrected chi connectivity index (χ2v) is 6.29. The number of nitrogens with one attached hydrogen (secondary N) is 1. The summed E-state index contributed by atoms with van der Waals surface area (Å²) in [6.45, 7) is 0. The monoisotopic (exact) mass is 271 g/mol. The van der Waals surface area contributed by atoms with Gasteiger partial charge in [0.25, 0.3) is 0 Å². The van der Waals surface area contributed by atoms with Gasteiger partial charge < -0.3 is 5.43 Å². The molecule has 2 aliphatic carbocycles. The number of aliphatic imine (C=N–C) groups is 1. The van der Waals surface area contributed by atoms with Crippen LogP contribution < -0.4 is 11.3 Å². The van der Waals surface area contributed by atoms with Gasteiger partial charge in [-0.1, -0.05) is 43.9 Å². The van der Waals surface area contributed by atoms with Crippen molar-refractivity contribution in [3.05, 3.63) is 30.3 Å². The molecule has 3 unspecified atom stereocenters. The van der Waals surface area contributed by atoms with Gasteiger partial charge in [0.1, 0.15) is 5.84 Å². The molecule has 2 aliphatic rings. The minimum Gasteiger partial charge on any atom is -0.312 e. The van der Waals surface area contributed by atoms with Crippen LogP contribution in [0.4, 0.5) is 5.69 Å². The summed E-state index contributed by atoms with van der Waals surface area (Å²) in [7, 11) is 0. The Morgan fingerprint density at radius 3 is 2.50 bits per heavy atom. The molecule has 1 aromatic carbocycles. The van der Waals surface area contributed by atoms with Crippen LogP contribution in [-0.2, 0) is 0 Å². The summed E-state index contributed by atoms with van der Waals surface area (Å²) in [6, 6.07) is 10.1. The van der Waals surface area contributed by atoms with Crippen LogP contribution in [0.3, 0.4) is 0 Å². The maximum Gasteiger partial charge on any atom is 0.119 e. The number of hydrogen-bond donors (Lipinski definition) is 2. The lowest BCUT2D eigenvalue weighted by Gasteiger charge is -2.39. The average Bonchev–Trinajstić information content (AvgIpc) is 2.53. The molecular formula is C17H25N3. The third-order valence-corrected chi connectivity index (χ3v) is 5.08. The first-order valence-electron chi connectivity index (χ1n) is 7.97. The van der Waals surface area contributed by atoms with Gasteiger partial charge in [-0.25, -0.2) is 10.8 Å². The predicted octanol–water partition coefficient (Wildman–Crippen LogP) is 3.79. The summed E-state index contributed by atoms with van der Waals surface area (Å²) in [5.74, 6) is 9.09. The number of nitrogens with zero attached hydrogens (tertiary/aromatic N) is 1. The molecule has 108 valence electrons. The maximum absolute atomic E-state index is 5.74. The normalized spacial score (nSPS) is 30.6. The second kappa shape index (κ2) is 6.40. The minimum absolute atomic E-state index is 0.513. The lowest BCUT2D eigenvalue weighted by Crippen LogP contribution is -2.40. The van der Waals surface area contributed by atoms with Crippen LogP contribution in [0.15, 0.2) is 35.3 Å². The van der Waals surface area contributed by atoms with Gasteiger partial charge in [0.15, 0.2) is 0 Å². The molecule has 2 saturated carbocycles. The topological polar surface area (TPSA) is 50.4 Å². The number of amidine groups is 1. The molecule has 0 aromatic heterocycles. The van der Waals surface area contributed by atoms with Gasteiger partial charge in [-0.3, -0.25) is 0 Å². The van der Waals surface area contributed by atoms with Crippen molar-refractivity contribution in [1.82, 2.24) is 5.43 Å². The first kappa shape index (κ1) is 13.6. The van der Waals surface area contributed by atoms with Gasteiger partial charge in [0.05, 0.1) is 5.69 Å². The van der Waals surface area contributed by atoms with Gasteiger partial charge in [-0.15, -0.1) is 0 Å². The molecule has 3 heteroatoms. The molecular weight excluding hydrogens is 246 g/mol. The van der Waals surface area contributed by atoms with E-state index in [0.717, 1.165) is 23.4 Å². The van der Waals surface area contributed by atoms with Crippen molar-refractivity contribution in [2.24, 2.45) is 28.6 Å². The van der Waals surface area contributed by atoms with Gasteiger partial charge in [-0.2, -0.15) is 0 Å². The van der Waals surface area contributed by atoms with Crippen LogP contribution in [0.5, 0.6) is 0 Å². The van der Waals surface area contributed by atoms with E-state index in [4.69, 9.17) is 10.8 Å². The van der Waals surface area contributed by atoms with Crippen LogP contribution in [0.25, 0.3) is 0 Å². The predicted molar refractivity (Wildman–Crippen MR) is 83.6 cm³/mol. The van der Waals surface area contributed by atoms with E-state index >= 15 is 0 Å². The fourth-order valence-corrected chi connectivity index (χ4v) is 4.00. The van der Waals surface area contributed by atoms with Crippen LogP contribution in [0.1, 0.15) is 44.9 Å². The van der Waals surface area contributed by atoms with E-state index in [1.165, 1.54) is 44.9 Å². The Morgan fingerprint density at radius 1 is 1.00 bits per heavy atom. The third-order valence-electron chi connectivity index (χ3n) is 5.08. The Kier molecular flexibility index (Phi) is 4.36. The van der Waals surface area contributed by atoms with E-state index in [-0.39, 0.29) is 0 Å². The van der Waals surface area contributed by atoms with Crippen molar-refractivity contribution in [2.45, 2.75) is 44.9 Å². The quantitative estimate of drug-likeness (QED) is 0.372. The van der Waals surface area contributed by atoms with Crippen molar-refractivity contribution in [3.8, 4) is 0 Å². The summed E-state index contributed by atoms with van der Waals surface area (Å²) in [5.41, 5.74) is 3.86. The number of nitrogens with two attached hydrogens (primary N) is 1. The standard InChI is InChI=1S/C17H25N3/c18-20-17(19-16-8-2-1-3-9-16)15-11-10-13-6-4-5-7-14(13)12-15/h1-3,8-9,13-15H,4-7,10-12,18H2,(H,19,20). The largest absolute Gasteiger partial charge is 0.312 e. The Balaban J connectivity index is 1.72. The fourth-order valence-electron chi connectivity index (χ4n) is 4.00. The number of benzene rings is 1. The van der Waals surface area contributed by atoms with E-state index in [2.05, 4.69) is 5.43 Å². The summed E-state index contributed by atoms with van der Waals surface area (Å²) in [5, 5.41) is 0. The minimum atomic E-state index is 0.513. The van der Waals surface area contributed by atoms with Crippen molar-refractivity contribution in [1.29, 1.82) is 0 Å². The molecule has 3 N–H and O–H groups in total. The highest BCUT2D eigenvalue weighted by molar-refractivity contribution is 5.86. The molecule has 0 heterocycles. The smallest absolute Gasteiger partial charge is 0.119 e. The fraction of sp³-hybridized carbons (Fsp3) is 0.588. The maximum atomic E-state index is 5.74. The molecule has 0 aliphatic heterocycles. The van der Waals surface area contributed by atoms with E-state index < -0.39 is 0 Å². The first-order valence-corrected chi connectivity index (χ1v) is 7.97. The Hall–Kier alpha value is -1.35. The Bertz CT molecular complexity index is 455. The van der Waals surface area contributed by atoms with E-state index in [1.54, 1.807) is 0 Å². The highest BCUT2D eigenvalue weighted by Crippen LogP contribution is 2.42. The van der Waals surface area contributed by atoms with Gasteiger partial charge in [0.2, 0.25) is 0 Å². The zero-order valence-electron chi connectivity index (χ0n) is 12.1. The van der Waals surface area contributed by atoms with Crippen LogP contribution >= 0.6 is 0 Å². The summed E-state index contributed by atoms with van der Waals surface area (Å²) in [6.07, 6.45) is 9.55. The lowest BCUT2D eigenvalue weighted by atomic mass is 9.67. The molecule has 0 saturated heterocycles. The van der Waals surface area contributed by atoms with Crippen LogP contribution in [-0.4, -0.2) is 5.84 Å². The number of hydrazine groups is 1. The third kappa shape index (κ3) is 3.04. The lowest BCUT2D eigenvalue weighted by molar-refractivity contribution is 0.151. The summed E-state index contributed by atoms with van der Waals surface area (Å²) in [4.78, 5) is 4.72. The first-order chi connectivity index (χ1) is 9.86. The molecule has 3 nitrogen and oxygen atoms in total. The summed E-state index contributed by atoms with van der Waals surface area (Å²) < 4.78 is 0. The molecule has 0 radical (unpaired) electrons. The van der Waals surface area contributed by atoms with Crippen LogP contribution in [0, 0.1) is 17.8 Å². The van der Waals surface area contributed by atoms with Gasteiger partial charge in [-0.05, 0) is 43.2 Å². The zero-order valence-corrected chi connectivity index (χ0v) is 12.1. The van der Waals surface area contributed by atoms with Gasteiger partial charge >= 0.3 is 0 Å². The van der Waals surface area contributed by atoms with Crippen molar-refractivity contribution >= 4 is 11.5 Å². The molecule has 3 atom stereocenters. The van der Waals surface area contributed by atoms with Gasteiger partial charge in [0, 0.05) is 5.92 Å². The van der Waals surface area contributed by atoms with Crippen molar-refractivity contribution in [2.75, 3.05) is 0 Å². The number of rotatable bonds is 2. The van der Waals surface area contributed by atoms with E-state index in [0.29, 0.717) is 5.92 Å². The molecule has 1 aromatic rings. The highest BCUT2D eigenvalue weighted by Gasteiger charge is 2.33.